The lowest BCUT2D eigenvalue weighted by Crippen LogP contribution is -2.48. The summed E-state index contributed by atoms with van der Waals surface area (Å²) in [5, 5.41) is 10.0. The smallest absolute Gasteiger partial charge is 0.159 e. The molecule has 0 bridgehead atoms. The number of hydrogen-bond acceptors (Lipinski definition) is 5. The maximum atomic E-state index is 8.79. The first-order valence-electron chi connectivity index (χ1n) is 6.92. The average molecular weight is 271 g/mol. The Labute approximate surface area is 114 Å². The third-order valence-electron chi connectivity index (χ3n) is 3.49. The quantitative estimate of drug-likeness (QED) is 0.781. The van der Waals surface area contributed by atoms with Crippen molar-refractivity contribution in [1.29, 1.82) is 0 Å². The van der Waals surface area contributed by atoms with Crippen LogP contribution in [0.15, 0.2) is 4.99 Å². The Kier molecular flexibility index (Phi) is 4.92. The van der Waals surface area contributed by atoms with Gasteiger partial charge in [-0.15, -0.1) is 0 Å². The Morgan fingerprint density at radius 2 is 1.94 bits per heavy atom. The van der Waals surface area contributed by atoms with Gasteiger partial charge in [0.05, 0.1) is 6.54 Å². The van der Waals surface area contributed by atoms with Gasteiger partial charge in [0, 0.05) is 37.5 Å². The maximum Gasteiger partial charge on any atom is 0.159 e. The summed E-state index contributed by atoms with van der Waals surface area (Å²) in [6, 6.07) is 0. The Morgan fingerprint density at radius 1 is 1.22 bits per heavy atom. The summed E-state index contributed by atoms with van der Waals surface area (Å²) in [4.78, 5) is 9.60. The third-order valence-corrected chi connectivity index (χ3v) is 4.74. The van der Waals surface area contributed by atoms with E-state index in [1.54, 1.807) is 0 Å². The molecule has 2 aliphatic heterocycles. The van der Waals surface area contributed by atoms with E-state index in [1.165, 1.54) is 5.17 Å². The summed E-state index contributed by atoms with van der Waals surface area (Å²) < 4.78 is 0.285. The molecule has 0 atom stereocenters. The monoisotopic (exact) mass is 271 g/mol. The molecule has 4 nitrogen and oxygen atoms in total. The molecule has 0 aliphatic carbocycles. The Balaban J connectivity index is 1.71. The standard InChI is InChI=1S/C13H25N3OS/c1-13(2)11-14-12(18-13)16-8-6-15(7-9-16)5-3-4-10-17/h17H,3-11H2,1-2H3. The van der Waals surface area contributed by atoms with Gasteiger partial charge in [-0.2, -0.15) is 0 Å². The predicted octanol–water partition coefficient (Wildman–Crippen LogP) is 1.26. The molecule has 104 valence electrons. The number of amidine groups is 1. The number of aliphatic hydroxyl groups is 1. The van der Waals surface area contributed by atoms with E-state index in [0.717, 1.165) is 52.1 Å². The fourth-order valence-electron chi connectivity index (χ4n) is 2.34. The van der Waals surface area contributed by atoms with Gasteiger partial charge in [0.15, 0.2) is 5.17 Å². The van der Waals surface area contributed by atoms with Crippen LogP contribution in [0.1, 0.15) is 26.7 Å². The predicted molar refractivity (Wildman–Crippen MR) is 78.3 cm³/mol. The van der Waals surface area contributed by atoms with Crippen LogP contribution in [0, 0.1) is 0 Å². The van der Waals surface area contributed by atoms with Gasteiger partial charge in [0.25, 0.3) is 0 Å². The molecule has 1 N–H and O–H groups in total. The fourth-order valence-corrected chi connectivity index (χ4v) is 3.41. The molecule has 2 heterocycles. The van der Waals surface area contributed by atoms with Crippen molar-refractivity contribution in [1.82, 2.24) is 9.80 Å². The van der Waals surface area contributed by atoms with Crippen molar-refractivity contribution < 1.29 is 5.11 Å². The molecule has 0 unspecified atom stereocenters. The van der Waals surface area contributed by atoms with Crippen LogP contribution in [0.4, 0.5) is 0 Å². The van der Waals surface area contributed by atoms with Gasteiger partial charge in [-0.25, -0.2) is 0 Å². The van der Waals surface area contributed by atoms with Crippen LogP contribution in [0.25, 0.3) is 0 Å². The van der Waals surface area contributed by atoms with Crippen LogP contribution in [0.2, 0.25) is 0 Å². The molecule has 0 aromatic rings. The molecule has 1 saturated heterocycles. The second kappa shape index (κ2) is 6.26. The number of nitrogens with zero attached hydrogens (tertiary/aromatic N) is 3. The van der Waals surface area contributed by atoms with Gasteiger partial charge in [-0.05, 0) is 33.2 Å². The number of aliphatic imine (C=N–C) groups is 1. The van der Waals surface area contributed by atoms with Crippen molar-refractivity contribution in [2.75, 3.05) is 45.9 Å². The summed E-state index contributed by atoms with van der Waals surface area (Å²) in [5.41, 5.74) is 0. The van der Waals surface area contributed by atoms with E-state index in [-0.39, 0.29) is 4.75 Å². The van der Waals surface area contributed by atoms with Gasteiger partial charge >= 0.3 is 0 Å². The number of hydrogen-bond donors (Lipinski definition) is 1. The lowest BCUT2D eigenvalue weighted by atomic mass is 10.2. The molecule has 1 fully saturated rings. The van der Waals surface area contributed by atoms with Crippen LogP contribution in [0.5, 0.6) is 0 Å². The third kappa shape index (κ3) is 3.87. The Bertz CT molecular complexity index is 299. The Hall–Kier alpha value is -0.260. The number of aliphatic hydroxyl groups excluding tert-OH is 1. The molecule has 0 spiro atoms. The van der Waals surface area contributed by atoms with Crippen LogP contribution in [-0.4, -0.2) is 70.7 Å². The number of unbranched alkanes of at least 4 members (excludes halogenated alkanes) is 1. The number of thioether (sulfide) groups is 1. The molecule has 2 rings (SSSR count). The minimum atomic E-state index is 0.285. The van der Waals surface area contributed by atoms with E-state index in [0.29, 0.717) is 6.61 Å². The number of rotatable bonds is 4. The SMILES string of the molecule is CC1(C)CN=C(N2CCN(CCCCO)CC2)S1. The maximum absolute atomic E-state index is 8.79. The van der Waals surface area contributed by atoms with E-state index in [9.17, 15) is 0 Å². The largest absolute Gasteiger partial charge is 0.396 e. The van der Waals surface area contributed by atoms with Crippen LogP contribution in [-0.2, 0) is 0 Å². The molecule has 0 saturated carbocycles. The van der Waals surface area contributed by atoms with Crippen LogP contribution >= 0.6 is 11.8 Å². The lowest BCUT2D eigenvalue weighted by molar-refractivity contribution is 0.176. The first-order valence-corrected chi connectivity index (χ1v) is 7.74. The molecule has 5 heteroatoms. The highest BCUT2D eigenvalue weighted by Crippen LogP contribution is 2.33. The fraction of sp³-hybridized carbons (Fsp3) is 0.923. The minimum absolute atomic E-state index is 0.285. The second-order valence-corrected chi connectivity index (χ2v) is 7.39. The highest BCUT2D eigenvalue weighted by molar-refractivity contribution is 8.15. The zero-order valence-electron chi connectivity index (χ0n) is 11.6. The normalized spacial score (nSPS) is 24.4. The highest BCUT2D eigenvalue weighted by atomic mass is 32.2. The highest BCUT2D eigenvalue weighted by Gasteiger charge is 2.31. The van der Waals surface area contributed by atoms with Crippen molar-refractivity contribution in [2.45, 2.75) is 31.4 Å². The summed E-state index contributed by atoms with van der Waals surface area (Å²) in [7, 11) is 0. The zero-order valence-corrected chi connectivity index (χ0v) is 12.4. The molecule has 0 amide bonds. The first-order chi connectivity index (χ1) is 8.61. The van der Waals surface area contributed by atoms with Gasteiger partial charge in [-0.3, -0.25) is 9.89 Å². The topological polar surface area (TPSA) is 39.1 Å². The summed E-state index contributed by atoms with van der Waals surface area (Å²) in [6.07, 6.45) is 2.04. The van der Waals surface area contributed by atoms with Crippen molar-refractivity contribution in [3.05, 3.63) is 0 Å². The van der Waals surface area contributed by atoms with Crippen molar-refractivity contribution >= 4 is 16.9 Å². The van der Waals surface area contributed by atoms with Crippen molar-refractivity contribution in [3.63, 3.8) is 0 Å². The zero-order chi connectivity index (χ0) is 13.0. The van der Waals surface area contributed by atoms with Crippen molar-refractivity contribution in [2.24, 2.45) is 4.99 Å². The molecule has 0 aromatic heterocycles. The lowest BCUT2D eigenvalue weighted by Gasteiger charge is -2.36. The van der Waals surface area contributed by atoms with E-state index < -0.39 is 0 Å². The average Bonchev–Trinajstić information content (AvgIpc) is 2.71. The summed E-state index contributed by atoms with van der Waals surface area (Å²) in [5.74, 6) is 0. The first kappa shape index (κ1) is 14.2. The number of piperazine rings is 1. The van der Waals surface area contributed by atoms with Gasteiger partial charge < -0.3 is 10.0 Å². The van der Waals surface area contributed by atoms with Gasteiger partial charge in [0.1, 0.15) is 0 Å². The summed E-state index contributed by atoms with van der Waals surface area (Å²) in [6.45, 7) is 11.4. The minimum Gasteiger partial charge on any atom is -0.396 e. The molecule has 0 aromatic carbocycles. The molecular weight excluding hydrogens is 246 g/mol. The van der Waals surface area contributed by atoms with E-state index in [2.05, 4.69) is 28.6 Å². The molecule has 2 aliphatic rings. The van der Waals surface area contributed by atoms with E-state index in [4.69, 9.17) is 5.11 Å². The second-order valence-electron chi connectivity index (χ2n) is 5.72. The molecule has 18 heavy (non-hydrogen) atoms. The van der Waals surface area contributed by atoms with Crippen LogP contribution in [0.3, 0.4) is 0 Å². The van der Waals surface area contributed by atoms with Gasteiger partial charge in [-0.1, -0.05) is 11.8 Å². The van der Waals surface area contributed by atoms with Crippen LogP contribution < -0.4 is 0 Å². The Morgan fingerprint density at radius 3 is 2.50 bits per heavy atom. The van der Waals surface area contributed by atoms with E-state index in [1.807, 2.05) is 11.8 Å². The summed E-state index contributed by atoms with van der Waals surface area (Å²) >= 11 is 1.92. The van der Waals surface area contributed by atoms with Crippen molar-refractivity contribution in [3.8, 4) is 0 Å². The van der Waals surface area contributed by atoms with E-state index >= 15 is 0 Å². The molecule has 0 radical (unpaired) electrons. The molecular formula is C13H25N3OS. The van der Waals surface area contributed by atoms with Gasteiger partial charge in [0.2, 0.25) is 0 Å².